The lowest BCUT2D eigenvalue weighted by molar-refractivity contribution is -0.116. The molecule has 3 aromatic heterocycles. The van der Waals surface area contributed by atoms with Crippen LogP contribution in [0.5, 0.6) is 0 Å². The molecule has 0 fully saturated rings. The maximum Gasteiger partial charge on any atom is 0.249 e. The van der Waals surface area contributed by atoms with E-state index in [2.05, 4.69) is 35.7 Å². The molecule has 146 valence electrons. The van der Waals surface area contributed by atoms with Crippen LogP contribution in [0.15, 0.2) is 48.7 Å². The number of hydrogen-bond acceptors (Lipinski definition) is 6. The third-order valence-electron chi connectivity index (χ3n) is 4.27. The van der Waals surface area contributed by atoms with E-state index in [4.69, 9.17) is 12.2 Å². The van der Waals surface area contributed by atoms with Crippen molar-refractivity contribution in [2.45, 2.75) is 19.9 Å². The molecule has 0 atom stereocenters. The summed E-state index contributed by atoms with van der Waals surface area (Å²) in [4.78, 5) is 20.8. The van der Waals surface area contributed by atoms with Crippen LogP contribution in [0, 0.1) is 11.7 Å². The first-order chi connectivity index (χ1) is 14.1. The summed E-state index contributed by atoms with van der Waals surface area (Å²) in [6.45, 7) is 2.40. The summed E-state index contributed by atoms with van der Waals surface area (Å²) in [5.74, 6) is 1.15. The molecule has 10 heteroatoms. The van der Waals surface area contributed by atoms with Gasteiger partial charge in [-0.25, -0.2) is 0 Å². The van der Waals surface area contributed by atoms with Gasteiger partial charge in [0.2, 0.25) is 11.9 Å². The van der Waals surface area contributed by atoms with E-state index in [1.165, 1.54) is 0 Å². The SMILES string of the molecule is Cc1ccc(-c2n[nH]c(=S)n2CCC(=O)Nc2n[nH]c(-c3ccccn3)n2)cc1. The summed E-state index contributed by atoms with van der Waals surface area (Å²) in [7, 11) is 0. The van der Waals surface area contributed by atoms with Crippen molar-refractivity contribution in [1.29, 1.82) is 0 Å². The zero-order valence-corrected chi connectivity index (χ0v) is 16.4. The number of H-pyrrole nitrogens is 2. The van der Waals surface area contributed by atoms with Crippen LogP contribution in [0.3, 0.4) is 0 Å². The number of amides is 1. The molecule has 4 rings (SSSR count). The number of benzene rings is 1. The third kappa shape index (κ3) is 4.27. The van der Waals surface area contributed by atoms with Crippen molar-refractivity contribution in [2.75, 3.05) is 5.32 Å². The second-order valence-corrected chi connectivity index (χ2v) is 6.78. The molecule has 29 heavy (non-hydrogen) atoms. The van der Waals surface area contributed by atoms with Crippen molar-refractivity contribution in [3.63, 3.8) is 0 Å². The number of aromatic amines is 2. The van der Waals surface area contributed by atoms with Crippen molar-refractivity contribution in [1.82, 2.24) is 34.9 Å². The van der Waals surface area contributed by atoms with Crippen LogP contribution in [0.4, 0.5) is 5.95 Å². The van der Waals surface area contributed by atoms with Crippen LogP contribution < -0.4 is 5.32 Å². The Labute approximate surface area is 171 Å². The number of carbonyl (C=O) groups excluding carboxylic acids is 1. The second-order valence-electron chi connectivity index (χ2n) is 6.39. The molecule has 3 heterocycles. The molecule has 0 bridgehead atoms. The molecule has 0 saturated heterocycles. The highest BCUT2D eigenvalue weighted by Crippen LogP contribution is 2.18. The summed E-state index contributed by atoms with van der Waals surface area (Å²) in [5.41, 5.74) is 2.73. The number of hydrogen-bond donors (Lipinski definition) is 3. The Balaban J connectivity index is 1.42. The van der Waals surface area contributed by atoms with E-state index in [1.807, 2.05) is 43.3 Å². The number of anilines is 1. The Kier molecular flexibility index (Phi) is 5.25. The molecule has 0 aliphatic carbocycles. The quantitative estimate of drug-likeness (QED) is 0.424. The largest absolute Gasteiger partial charge is 0.300 e. The number of aromatic nitrogens is 7. The topological polar surface area (TPSA) is 117 Å². The number of nitrogens with one attached hydrogen (secondary N) is 3. The van der Waals surface area contributed by atoms with Gasteiger partial charge in [0.1, 0.15) is 5.69 Å². The zero-order chi connectivity index (χ0) is 20.2. The van der Waals surface area contributed by atoms with Gasteiger partial charge in [-0.3, -0.25) is 29.9 Å². The normalized spacial score (nSPS) is 10.8. The number of nitrogens with zero attached hydrogens (tertiary/aromatic N) is 5. The van der Waals surface area contributed by atoms with Crippen LogP contribution in [0.2, 0.25) is 0 Å². The van der Waals surface area contributed by atoms with E-state index >= 15 is 0 Å². The van der Waals surface area contributed by atoms with Gasteiger partial charge < -0.3 is 0 Å². The molecule has 0 unspecified atom stereocenters. The minimum atomic E-state index is -0.227. The van der Waals surface area contributed by atoms with Gasteiger partial charge in [0, 0.05) is 24.7 Å². The molecule has 0 radical (unpaired) electrons. The van der Waals surface area contributed by atoms with Crippen LogP contribution in [0.1, 0.15) is 12.0 Å². The number of pyridine rings is 1. The fraction of sp³-hybridized carbons (Fsp3) is 0.158. The Morgan fingerprint density at radius 3 is 2.72 bits per heavy atom. The van der Waals surface area contributed by atoms with Crippen LogP contribution in [-0.4, -0.2) is 40.8 Å². The minimum Gasteiger partial charge on any atom is -0.300 e. The first kappa shape index (κ1) is 18.7. The number of rotatable bonds is 6. The molecule has 0 spiro atoms. The monoisotopic (exact) mass is 406 g/mol. The number of aryl methyl sites for hydroxylation is 1. The van der Waals surface area contributed by atoms with E-state index in [9.17, 15) is 4.79 Å². The maximum atomic E-state index is 12.4. The first-order valence-electron chi connectivity index (χ1n) is 8.96. The van der Waals surface area contributed by atoms with E-state index < -0.39 is 0 Å². The fourth-order valence-corrected chi connectivity index (χ4v) is 3.01. The molecule has 0 aliphatic heterocycles. The van der Waals surface area contributed by atoms with E-state index in [0.29, 0.717) is 28.7 Å². The van der Waals surface area contributed by atoms with Gasteiger partial charge in [-0.15, -0.1) is 5.10 Å². The standard InChI is InChI=1S/C19H18N8OS/c1-12-5-7-13(8-6-12)17-24-26-19(29)27(17)11-9-15(28)21-18-22-16(23-25-18)14-4-2-3-10-20-14/h2-8,10H,9,11H2,1H3,(H,26,29)(H2,21,22,23,25,28). The molecule has 0 saturated carbocycles. The lowest BCUT2D eigenvalue weighted by Gasteiger charge is -2.07. The molecule has 0 aliphatic rings. The van der Waals surface area contributed by atoms with Gasteiger partial charge in [0.25, 0.3) is 0 Å². The van der Waals surface area contributed by atoms with Crippen molar-refractivity contribution in [2.24, 2.45) is 0 Å². The van der Waals surface area contributed by atoms with Gasteiger partial charge in [0.05, 0.1) is 0 Å². The van der Waals surface area contributed by atoms with Crippen LogP contribution in [0.25, 0.3) is 22.9 Å². The van der Waals surface area contributed by atoms with Gasteiger partial charge in [-0.1, -0.05) is 35.9 Å². The Morgan fingerprint density at radius 1 is 1.14 bits per heavy atom. The average Bonchev–Trinajstić information content (AvgIpc) is 3.34. The zero-order valence-electron chi connectivity index (χ0n) is 15.6. The van der Waals surface area contributed by atoms with Crippen molar-refractivity contribution >= 4 is 24.1 Å². The maximum absolute atomic E-state index is 12.4. The Morgan fingerprint density at radius 2 is 1.97 bits per heavy atom. The Hall–Kier alpha value is -3.66. The predicted molar refractivity (Wildman–Crippen MR) is 110 cm³/mol. The minimum absolute atomic E-state index is 0.195. The van der Waals surface area contributed by atoms with Crippen molar-refractivity contribution in [3.8, 4) is 22.9 Å². The Bertz CT molecular complexity index is 1180. The van der Waals surface area contributed by atoms with Crippen LogP contribution in [-0.2, 0) is 11.3 Å². The fourth-order valence-electron chi connectivity index (χ4n) is 2.78. The highest BCUT2D eigenvalue weighted by molar-refractivity contribution is 7.71. The first-order valence-corrected chi connectivity index (χ1v) is 9.37. The highest BCUT2D eigenvalue weighted by atomic mass is 32.1. The molecule has 1 aromatic carbocycles. The van der Waals surface area contributed by atoms with E-state index in [-0.39, 0.29) is 18.3 Å². The molecule has 1 amide bonds. The number of carbonyl (C=O) groups is 1. The summed E-state index contributed by atoms with van der Waals surface area (Å²) in [5, 5.41) is 16.5. The molecule has 3 N–H and O–H groups in total. The highest BCUT2D eigenvalue weighted by Gasteiger charge is 2.13. The average molecular weight is 406 g/mol. The molecular formula is C19H18N8OS. The van der Waals surface area contributed by atoms with Gasteiger partial charge in [-0.05, 0) is 31.3 Å². The molecular weight excluding hydrogens is 388 g/mol. The summed E-state index contributed by atoms with van der Waals surface area (Å²) < 4.78 is 2.26. The summed E-state index contributed by atoms with van der Waals surface area (Å²) in [6, 6.07) is 13.4. The van der Waals surface area contributed by atoms with E-state index in [1.54, 1.807) is 16.8 Å². The van der Waals surface area contributed by atoms with E-state index in [0.717, 1.165) is 11.1 Å². The molecule has 9 nitrogen and oxygen atoms in total. The summed E-state index contributed by atoms with van der Waals surface area (Å²) >= 11 is 5.31. The summed E-state index contributed by atoms with van der Waals surface area (Å²) in [6.07, 6.45) is 1.86. The molecule has 4 aromatic rings. The van der Waals surface area contributed by atoms with Gasteiger partial charge >= 0.3 is 0 Å². The lowest BCUT2D eigenvalue weighted by atomic mass is 10.1. The predicted octanol–water partition coefficient (Wildman–Crippen LogP) is 3.13. The van der Waals surface area contributed by atoms with Crippen molar-refractivity contribution in [3.05, 3.63) is 59.0 Å². The van der Waals surface area contributed by atoms with Gasteiger partial charge in [0.15, 0.2) is 16.4 Å². The third-order valence-corrected chi connectivity index (χ3v) is 4.59. The second kappa shape index (κ2) is 8.15. The lowest BCUT2D eigenvalue weighted by Crippen LogP contribution is -2.16. The van der Waals surface area contributed by atoms with Crippen molar-refractivity contribution < 1.29 is 4.79 Å². The van der Waals surface area contributed by atoms with Crippen LogP contribution >= 0.6 is 12.2 Å². The smallest absolute Gasteiger partial charge is 0.249 e. The van der Waals surface area contributed by atoms with Gasteiger partial charge in [-0.2, -0.15) is 10.1 Å².